The molecule has 0 radical (unpaired) electrons. The molecule has 2 heteroatoms. The molecule has 0 heterocycles. The molecule has 0 bridgehead atoms. The first-order valence-corrected chi connectivity index (χ1v) is 7.67. The minimum Gasteiger partial charge on any atom is -0.455 e. The van der Waals surface area contributed by atoms with Crippen LogP contribution in [0.15, 0.2) is 12.2 Å². The maximum Gasteiger partial charge on any atom is 0.333 e. The van der Waals surface area contributed by atoms with Crippen molar-refractivity contribution in [2.75, 3.05) is 0 Å². The summed E-state index contributed by atoms with van der Waals surface area (Å²) in [6.45, 7) is 12.3. The lowest BCUT2D eigenvalue weighted by molar-refractivity contribution is -0.176. The van der Waals surface area contributed by atoms with E-state index in [1.54, 1.807) is 6.92 Å². The third-order valence-corrected chi connectivity index (χ3v) is 5.29. The maximum absolute atomic E-state index is 12.1. The molecule has 0 spiro atoms. The van der Waals surface area contributed by atoms with Gasteiger partial charge in [-0.3, -0.25) is 0 Å². The molecule has 2 unspecified atom stereocenters. The number of hydrogen-bond donors (Lipinski definition) is 0. The molecule has 2 fully saturated rings. The van der Waals surface area contributed by atoms with Gasteiger partial charge in [-0.2, -0.15) is 0 Å². The Kier molecular flexibility index (Phi) is 3.81. The fourth-order valence-electron chi connectivity index (χ4n) is 4.54. The third-order valence-electron chi connectivity index (χ3n) is 5.29. The van der Waals surface area contributed by atoms with E-state index in [1.165, 1.54) is 25.7 Å². The molecule has 0 aromatic heterocycles. The van der Waals surface area contributed by atoms with Crippen molar-refractivity contribution in [1.29, 1.82) is 0 Å². The van der Waals surface area contributed by atoms with E-state index in [0.29, 0.717) is 17.4 Å². The van der Waals surface area contributed by atoms with Crippen molar-refractivity contribution in [1.82, 2.24) is 0 Å². The fraction of sp³-hybridized carbons (Fsp3) is 0.824. The lowest BCUT2D eigenvalue weighted by Crippen LogP contribution is -2.50. The van der Waals surface area contributed by atoms with Crippen LogP contribution in [0.3, 0.4) is 0 Å². The topological polar surface area (TPSA) is 26.3 Å². The summed E-state index contributed by atoms with van der Waals surface area (Å²) in [7, 11) is 0. The van der Waals surface area contributed by atoms with E-state index in [9.17, 15) is 4.79 Å². The predicted octanol–water partition coefficient (Wildman–Crippen LogP) is 4.49. The average molecular weight is 264 g/mol. The molecule has 2 rings (SSSR count). The zero-order chi connectivity index (χ0) is 14.3. The highest BCUT2D eigenvalue weighted by molar-refractivity contribution is 5.87. The summed E-state index contributed by atoms with van der Waals surface area (Å²) in [5.74, 6) is 0.971. The van der Waals surface area contributed by atoms with Gasteiger partial charge in [0, 0.05) is 11.0 Å². The van der Waals surface area contributed by atoms with Crippen molar-refractivity contribution < 1.29 is 9.53 Å². The first-order valence-electron chi connectivity index (χ1n) is 7.67. The number of ether oxygens (including phenoxy) is 1. The van der Waals surface area contributed by atoms with Crippen molar-refractivity contribution in [2.45, 2.75) is 71.8 Å². The first-order chi connectivity index (χ1) is 8.78. The zero-order valence-electron chi connectivity index (χ0n) is 12.9. The van der Waals surface area contributed by atoms with Crippen LogP contribution in [0, 0.1) is 17.3 Å². The second-order valence-corrected chi connectivity index (χ2v) is 7.44. The van der Waals surface area contributed by atoms with E-state index < -0.39 is 0 Å². The summed E-state index contributed by atoms with van der Waals surface area (Å²) in [6, 6.07) is 0. The second-order valence-electron chi connectivity index (χ2n) is 7.44. The van der Waals surface area contributed by atoms with E-state index in [0.717, 1.165) is 12.8 Å². The Morgan fingerprint density at radius 3 is 2.21 bits per heavy atom. The summed E-state index contributed by atoms with van der Waals surface area (Å²) < 4.78 is 6.09. The van der Waals surface area contributed by atoms with Gasteiger partial charge >= 0.3 is 5.97 Å². The normalized spacial score (nSPS) is 34.4. The van der Waals surface area contributed by atoms with Crippen molar-refractivity contribution in [3.8, 4) is 0 Å². The van der Waals surface area contributed by atoms with Crippen LogP contribution in [0.4, 0.5) is 0 Å². The zero-order valence-corrected chi connectivity index (χ0v) is 12.9. The molecule has 0 aromatic rings. The first kappa shape index (κ1) is 14.6. The van der Waals surface area contributed by atoms with Gasteiger partial charge in [0.1, 0.15) is 5.60 Å². The number of carbonyl (C=O) groups excluding carboxylic acids is 1. The van der Waals surface area contributed by atoms with Crippen LogP contribution in [0.5, 0.6) is 0 Å². The molecule has 0 aromatic carbocycles. The van der Waals surface area contributed by atoms with Gasteiger partial charge in [-0.25, -0.2) is 4.79 Å². The smallest absolute Gasteiger partial charge is 0.333 e. The Labute approximate surface area is 117 Å². The maximum atomic E-state index is 12.1. The van der Waals surface area contributed by atoms with Crippen molar-refractivity contribution in [2.24, 2.45) is 17.3 Å². The monoisotopic (exact) mass is 264 g/mol. The average Bonchev–Trinajstić information content (AvgIpc) is 2.85. The molecule has 0 saturated heterocycles. The van der Waals surface area contributed by atoms with E-state index in [1.807, 2.05) is 0 Å². The number of hydrogen-bond acceptors (Lipinski definition) is 2. The van der Waals surface area contributed by atoms with Gasteiger partial charge in [-0.05, 0) is 44.4 Å². The molecule has 2 nitrogen and oxygen atoms in total. The molecule has 0 aliphatic heterocycles. The van der Waals surface area contributed by atoms with E-state index in [2.05, 4.69) is 27.4 Å². The minimum absolute atomic E-state index is 0.0759. The summed E-state index contributed by atoms with van der Waals surface area (Å²) in [6.07, 6.45) is 7.14. The van der Waals surface area contributed by atoms with Crippen LogP contribution in [0.2, 0.25) is 0 Å². The summed E-state index contributed by atoms with van der Waals surface area (Å²) in [5.41, 5.74) is 0.332. The van der Waals surface area contributed by atoms with Gasteiger partial charge in [-0.15, -0.1) is 0 Å². The second kappa shape index (κ2) is 4.96. The number of rotatable bonds is 3. The molecular weight excluding hydrogens is 236 g/mol. The predicted molar refractivity (Wildman–Crippen MR) is 77.8 cm³/mol. The highest BCUT2D eigenvalue weighted by Crippen LogP contribution is 2.58. The molecule has 0 N–H and O–H groups in total. The molecule has 0 amide bonds. The molecule has 2 atom stereocenters. The largest absolute Gasteiger partial charge is 0.455 e. The van der Waals surface area contributed by atoms with Crippen LogP contribution < -0.4 is 0 Å². The molecule has 108 valence electrons. The Morgan fingerprint density at radius 1 is 1.21 bits per heavy atom. The van der Waals surface area contributed by atoms with E-state index in [4.69, 9.17) is 4.74 Å². The summed E-state index contributed by atoms with van der Waals surface area (Å²) in [4.78, 5) is 12.1. The van der Waals surface area contributed by atoms with Crippen LogP contribution >= 0.6 is 0 Å². The van der Waals surface area contributed by atoms with Gasteiger partial charge in [0.05, 0.1) is 0 Å². The van der Waals surface area contributed by atoms with Crippen molar-refractivity contribution in [3.63, 3.8) is 0 Å². The molecule has 19 heavy (non-hydrogen) atoms. The van der Waals surface area contributed by atoms with Crippen molar-refractivity contribution >= 4 is 5.97 Å². The highest BCUT2D eigenvalue weighted by Gasteiger charge is 2.58. The quantitative estimate of drug-likeness (QED) is 0.554. The molecule has 2 saturated carbocycles. The van der Waals surface area contributed by atoms with Crippen LogP contribution in [-0.4, -0.2) is 11.6 Å². The standard InChI is InChI=1S/C17H28O2/c1-12(2)15(18)19-17(14-8-6-7-9-14)11-13(3)10-16(17,4)5/h13-14H,1,6-11H2,2-5H3. The highest BCUT2D eigenvalue weighted by atomic mass is 16.6. The van der Waals surface area contributed by atoms with Crippen molar-refractivity contribution in [3.05, 3.63) is 12.2 Å². The van der Waals surface area contributed by atoms with Gasteiger partial charge in [0.15, 0.2) is 0 Å². The van der Waals surface area contributed by atoms with Gasteiger partial charge in [0.25, 0.3) is 0 Å². The third kappa shape index (κ3) is 2.46. The van der Waals surface area contributed by atoms with Gasteiger partial charge in [-0.1, -0.05) is 40.2 Å². The SMILES string of the molecule is C=C(C)C(=O)OC1(C2CCCC2)CC(C)CC1(C)C. The van der Waals surface area contributed by atoms with Crippen LogP contribution in [0.25, 0.3) is 0 Å². The van der Waals surface area contributed by atoms with E-state index >= 15 is 0 Å². The van der Waals surface area contributed by atoms with Crippen LogP contribution in [0.1, 0.15) is 66.2 Å². The molecule has 2 aliphatic rings. The van der Waals surface area contributed by atoms with E-state index in [-0.39, 0.29) is 17.0 Å². The van der Waals surface area contributed by atoms with Crippen LogP contribution in [-0.2, 0) is 9.53 Å². The number of esters is 1. The Balaban J connectivity index is 2.32. The van der Waals surface area contributed by atoms with Gasteiger partial charge < -0.3 is 4.74 Å². The number of carbonyl (C=O) groups is 1. The lowest BCUT2D eigenvalue weighted by Gasteiger charge is -2.45. The molecular formula is C17H28O2. The summed E-state index contributed by atoms with van der Waals surface area (Å²) >= 11 is 0. The minimum atomic E-state index is -0.265. The Bertz CT molecular complexity index is 377. The Morgan fingerprint density at radius 2 is 1.79 bits per heavy atom. The molecule has 2 aliphatic carbocycles. The summed E-state index contributed by atoms with van der Waals surface area (Å²) in [5, 5.41) is 0. The lowest BCUT2D eigenvalue weighted by atomic mass is 9.69. The fourth-order valence-corrected chi connectivity index (χ4v) is 4.54. The van der Waals surface area contributed by atoms with Gasteiger partial charge in [0.2, 0.25) is 0 Å². The Hall–Kier alpha value is -0.790.